The van der Waals surface area contributed by atoms with E-state index < -0.39 is 17.7 Å². The van der Waals surface area contributed by atoms with Crippen LogP contribution in [0.25, 0.3) is 11.1 Å². The van der Waals surface area contributed by atoms with Crippen molar-refractivity contribution < 1.29 is 13.9 Å². The molecule has 2 heterocycles. The van der Waals surface area contributed by atoms with Crippen LogP contribution in [0.15, 0.2) is 21.3 Å². The second-order valence-corrected chi connectivity index (χ2v) is 4.61. The maximum atomic E-state index is 11.5. The molecule has 0 spiro atoms. The summed E-state index contributed by atoms with van der Waals surface area (Å²) < 4.78 is 10.2. The molecule has 1 aromatic heterocycles. The number of rotatable bonds is 2. The first-order chi connectivity index (χ1) is 9.56. The molecule has 20 heavy (non-hydrogen) atoms. The summed E-state index contributed by atoms with van der Waals surface area (Å²) in [5.74, 6) is -1.03. The van der Waals surface area contributed by atoms with Crippen LogP contribution in [-0.2, 0) is 9.53 Å². The Morgan fingerprint density at radius 1 is 1.45 bits per heavy atom. The number of ether oxygens (including phenoxy) is 1. The molecule has 1 aliphatic heterocycles. The quantitative estimate of drug-likeness (QED) is 0.629. The number of fused-ring (bicyclic) bond motifs is 1. The van der Waals surface area contributed by atoms with E-state index in [-0.39, 0.29) is 6.61 Å². The smallest absolute Gasteiger partial charge is 0.408 e. The minimum atomic E-state index is -0.581. The van der Waals surface area contributed by atoms with Crippen LogP contribution in [0.3, 0.4) is 0 Å². The second-order valence-electron chi connectivity index (χ2n) is 4.61. The van der Waals surface area contributed by atoms with Crippen molar-refractivity contribution >= 4 is 28.4 Å². The van der Waals surface area contributed by atoms with Crippen molar-refractivity contribution in [1.29, 1.82) is 0 Å². The van der Waals surface area contributed by atoms with Crippen LogP contribution >= 0.6 is 0 Å². The average molecular weight is 278 g/mol. The van der Waals surface area contributed by atoms with Gasteiger partial charge in [-0.15, -0.1) is 0 Å². The number of amides is 1. The summed E-state index contributed by atoms with van der Waals surface area (Å²) in [4.78, 5) is 27.0. The number of carbonyl (C=O) groups is 1. The van der Waals surface area contributed by atoms with Crippen LogP contribution in [0.5, 0.6) is 0 Å². The Bertz CT molecular complexity index is 720. The molecule has 0 radical (unpaired) electrons. The van der Waals surface area contributed by atoms with Gasteiger partial charge in [0.25, 0.3) is 0 Å². The number of carbonyl (C=O) groups excluding carboxylic acids is 1. The van der Waals surface area contributed by atoms with E-state index in [0.717, 1.165) is 0 Å². The molecule has 1 unspecified atom stereocenters. The molecule has 0 aliphatic carbocycles. The standard InChI is InChI=1S/C12H14N4O4/c13-6-3-10-7(15-12(18)20-10)4-8(6)16-1-2-19-5-9(16)11(14)17/h3-4,9H,1-2,5,13H2,(H2,14,17)(H,15,18). The number of anilines is 2. The number of aromatic nitrogens is 1. The van der Waals surface area contributed by atoms with E-state index in [9.17, 15) is 9.59 Å². The Balaban J connectivity index is 2.09. The van der Waals surface area contributed by atoms with Crippen LogP contribution < -0.4 is 22.1 Å². The number of benzene rings is 1. The summed E-state index contributed by atoms with van der Waals surface area (Å²) in [7, 11) is 0. The molecule has 106 valence electrons. The number of hydrogen-bond acceptors (Lipinski definition) is 6. The first-order valence-electron chi connectivity index (χ1n) is 6.12. The summed E-state index contributed by atoms with van der Waals surface area (Å²) in [5, 5.41) is 0. The normalized spacial score (nSPS) is 19.4. The van der Waals surface area contributed by atoms with E-state index in [1.165, 1.54) is 0 Å². The lowest BCUT2D eigenvalue weighted by molar-refractivity contribution is -0.121. The summed E-state index contributed by atoms with van der Waals surface area (Å²) >= 11 is 0. The largest absolute Gasteiger partial charge is 0.417 e. The van der Waals surface area contributed by atoms with Gasteiger partial charge in [-0.25, -0.2) is 4.79 Å². The molecular formula is C12H14N4O4. The molecule has 0 saturated carbocycles. The first-order valence-corrected chi connectivity index (χ1v) is 6.12. The molecule has 1 aromatic carbocycles. The van der Waals surface area contributed by atoms with Gasteiger partial charge >= 0.3 is 5.76 Å². The van der Waals surface area contributed by atoms with Crippen molar-refractivity contribution in [2.45, 2.75) is 6.04 Å². The zero-order valence-electron chi connectivity index (χ0n) is 10.6. The highest BCUT2D eigenvalue weighted by molar-refractivity contribution is 5.90. The number of nitrogens with one attached hydrogen (secondary N) is 1. The molecule has 1 fully saturated rings. The van der Waals surface area contributed by atoms with Crippen molar-refractivity contribution in [2.75, 3.05) is 30.4 Å². The third-order valence-electron chi connectivity index (χ3n) is 3.33. The van der Waals surface area contributed by atoms with Gasteiger partial charge in [0.2, 0.25) is 5.91 Å². The van der Waals surface area contributed by atoms with Gasteiger partial charge in [0.1, 0.15) is 6.04 Å². The molecule has 2 aromatic rings. The lowest BCUT2D eigenvalue weighted by atomic mass is 10.1. The highest BCUT2D eigenvalue weighted by Gasteiger charge is 2.29. The maximum absolute atomic E-state index is 11.5. The SMILES string of the molecule is NC(=O)C1COCCN1c1cc2[nH]c(=O)oc2cc1N. The molecule has 5 N–H and O–H groups in total. The summed E-state index contributed by atoms with van der Waals surface area (Å²) in [6.45, 7) is 1.18. The van der Waals surface area contributed by atoms with E-state index in [1.807, 2.05) is 0 Å². The Morgan fingerprint density at radius 3 is 3.00 bits per heavy atom. The minimum Gasteiger partial charge on any atom is -0.408 e. The van der Waals surface area contributed by atoms with Crippen LogP contribution in [0.2, 0.25) is 0 Å². The van der Waals surface area contributed by atoms with Gasteiger partial charge in [-0.05, 0) is 6.07 Å². The molecule has 1 atom stereocenters. The van der Waals surface area contributed by atoms with Crippen molar-refractivity contribution in [1.82, 2.24) is 4.98 Å². The summed E-state index contributed by atoms with van der Waals surface area (Å²) in [6.07, 6.45) is 0. The zero-order valence-corrected chi connectivity index (χ0v) is 10.6. The Hall–Kier alpha value is -2.48. The Morgan fingerprint density at radius 2 is 2.25 bits per heavy atom. The molecule has 1 amide bonds. The highest BCUT2D eigenvalue weighted by atomic mass is 16.5. The van der Waals surface area contributed by atoms with Gasteiger partial charge in [0.05, 0.1) is 30.1 Å². The van der Waals surface area contributed by atoms with E-state index in [4.69, 9.17) is 20.6 Å². The predicted molar refractivity (Wildman–Crippen MR) is 72.4 cm³/mol. The van der Waals surface area contributed by atoms with E-state index in [0.29, 0.717) is 35.6 Å². The lowest BCUT2D eigenvalue weighted by Gasteiger charge is -2.35. The van der Waals surface area contributed by atoms with Gasteiger partial charge < -0.3 is 25.5 Å². The van der Waals surface area contributed by atoms with Crippen LogP contribution in [-0.4, -0.2) is 36.7 Å². The van der Waals surface area contributed by atoms with Crippen molar-refractivity contribution in [3.63, 3.8) is 0 Å². The fraction of sp³-hybridized carbons (Fsp3) is 0.333. The third kappa shape index (κ3) is 1.99. The number of nitrogen functional groups attached to an aromatic ring is 1. The summed E-state index contributed by atoms with van der Waals surface area (Å²) in [5.41, 5.74) is 13.3. The highest BCUT2D eigenvalue weighted by Crippen LogP contribution is 2.30. The van der Waals surface area contributed by atoms with Crippen molar-refractivity contribution in [3.8, 4) is 0 Å². The van der Waals surface area contributed by atoms with Crippen LogP contribution in [0.4, 0.5) is 11.4 Å². The zero-order chi connectivity index (χ0) is 14.3. The second kappa shape index (κ2) is 4.57. The first kappa shape index (κ1) is 12.5. The topological polar surface area (TPSA) is 128 Å². The van der Waals surface area contributed by atoms with E-state index in [1.54, 1.807) is 17.0 Å². The number of primary amides is 1. The third-order valence-corrected chi connectivity index (χ3v) is 3.33. The van der Waals surface area contributed by atoms with Gasteiger partial charge in [0, 0.05) is 12.6 Å². The van der Waals surface area contributed by atoms with Crippen molar-refractivity contribution in [3.05, 3.63) is 22.7 Å². The molecule has 8 nitrogen and oxygen atoms in total. The molecular weight excluding hydrogens is 264 g/mol. The fourth-order valence-electron chi connectivity index (χ4n) is 2.38. The molecule has 3 rings (SSSR count). The molecule has 0 bridgehead atoms. The number of nitrogens with two attached hydrogens (primary N) is 2. The molecule has 1 saturated heterocycles. The van der Waals surface area contributed by atoms with Crippen LogP contribution in [0, 0.1) is 0 Å². The Labute approximate surface area is 113 Å². The number of H-pyrrole nitrogens is 1. The fourth-order valence-corrected chi connectivity index (χ4v) is 2.38. The van der Waals surface area contributed by atoms with Crippen molar-refractivity contribution in [2.24, 2.45) is 5.73 Å². The van der Waals surface area contributed by atoms with Gasteiger partial charge in [0.15, 0.2) is 5.58 Å². The van der Waals surface area contributed by atoms with Gasteiger partial charge in [-0.3, -0.25) is 9.78 Å². The monoisotopic (exact) mass is 278 g/mol. The molecule has 1 aliphatic rings. The number of aromatic amines is 1. The lowest BCUT2D eigenvalue weighted by Crippen LogP contribution is -2.52. The number of morpholine rings is 1. The summed E-state index contributed by atoms with van der Waals surface area (Å²) in [6, 6.07) is 2.65. The minimum absolute atomic E-state index is 0.217. The molecule has 8 heteroatoms. The average Bonchev–Trinajstić information content (AvgIpc) is 2.76. The van der Waals surface area contributed by atoms with Gasteiger partial charge in [-0.1, -0.05) is 0 Å². The number of oxazole rings is 1. The van der Waals surface area contributed by atoms with Gasteiger partial charge in [-0.2, -0.15) is 0 Å². The van der Waals surface area contributed by atoms with E-state index >= 15 is 0 Å². The number of hydrogen-bond donors (Lipinski definition) is 3. The number of nitrogens with zero attached hydrogens (tertiary/aromatic N) is 1. The Kier molecular flexibility index (Phi) is 2.87. The maximum Gasteiger partial charge on any atom is 0.417 e. The predicted octanol–water partition coefficient (Wildman–Crippen LogP) is -0.606. The van der Waals surface area contributed by atoms with E-state index in [2.05, 4.69) is 4.98 Å². The van der Waals surface area contributed by atoms with Crippen LogP contribution in [0.1, 0.15) is 0 Å².